The van der Waals surface area contributed by atoms with Crippen molar-refractivity contribution in [2.24, 2.45) is 0 Å². The molecule has 0 fully saturated rings. The first-order valence-corrected chi connectivity index (χ1v) is 3.06. The van der Waals surface area contributed by atoms with E-state index in [0.29, 0.717) is 0 Å². The predicted molar refractivity (Wildman–Crippen MR) is 36.6 cm³/mol. The average molecular weight is 116 g/mol. The normalized spacial score (nSPS) is 12.0. The summed E-state index contributed by atoms with van der Waals surface area (Å²) in [6.07, 6.45) is 1.13. The fraction of sp³-hybridized carbons (Fsp3) is 1.00. The van der Waals surface area contributed by atoms with E-state index in [2.05, 4.69) is 31.6 Å². The van der Waals surface area contributed by atoms with Gasteiger partial charge >= 0.3 is 0 Å². The molecule has 0 aromatic heterocycles. The molecule has 0 aromatic rings. The van der Waals surface area contributed by atoms with Crippen molar-refractivity contribution in [3.05, 3.63) is 0 Å². The van der Waals surface area contributed by atoms with Crippen LogP contribution in [-0.2, 0) is 0 Å². The van der Waals surface area contributed by atoms with Crippen molar-refractivity contribution in [3.8, 4) is 0 Å². The van der Waals surface area contributed by atoms with Gasteiger partial charge in [-0.15, -0.1) is 0 Å². The first kappa shape index (κ1) is 7.92. The molecule has 2 heteroatoms. The molecule has 0 aromatic carbocycles. The van der Waals surface area contributed by atoms with Crippen LogP contribution in [0.2, 0.25) is 0 Å². The third-order valence-corrected chi connectivity index (χ3v) is 1.35. The molecule has 0 unspecified atom stereocenters. The molecule has 0 saturated heterocycles. The van der Waals surface area contributed by atoms with Crippen LogP contribution in [0.25, 0.3) is 0 Å². The van der Waals surface area contributed by atoms with Crippen molar-refractivity contribution in [1.82, 2.24) is 10.9 Å². The lowest BCUT2D eigenvalue weighted by molar-refractivity contribution is 0.339. The summed E-state index contributed by atoms with van der Waals surface area (Å²) in [5, 5.41) is 0. The zero-order chi connectivity index (χ0) is 6.62. The molecule has 0 atom stereocenters. The quantitative estimate of drug-likeness (QED) is 0.535. The van der Waals surface area contributed by atoms with E-state index in [-0.39, 0.29) is 5.54 Å². The minimum atomic E-state index is 0.231. The summed E-state index contributed by atoms with van der Waals surface area (Å²) < 4.78 is 0. The van der Waals surface area contributed by atoms with Gasteiger partial charge in [0.2, 0.25) is 0 Å². The van der Waals surface area contributed by atoms with E-state index < -0.39 is 0 Å². The van der Waals surface area contributed by atoms with Gasteiger partial charge in [0.15, 0.2) is 0 Å². The molecule has 0 aliphatic heterocycles. The van der Waals surface area contributed by atoms with Crippen molar-refractivity contribution in [1.29, 1.82) is 0 Å². The summed E-state index contributed by atoms with van der Waals surface area (Å²) in [5.74, 6) is 0. The lowest BCUT2D eigenvalue weighted by Crippen LogP contribution is -2.45. The number of nitrogens with one attached hydrogen (secondary N) is 2. The van der Waals surface area contributed by atoms with Crippen LogP contribution in [0, 0.1) is 0 Å². The van der Waals surface area contributed by atoms with Gasteiger partial charge in [-0.2, -0.15) is 0 Å². The maximum absolute atomic E-state index is 3.12. The molecule has 0 aliphatic rings. The summed E-state index contributed by atoms with van der Waals surface area (Å²) in [7, 11) is 1.89. The molecule has 2 nitrogen and oxygen atoms in total. The SMILES string of the molecule is CCC(C)(C)NNC. The van der Waals surface area contributed by atoms with Crippen LogP contribution in [0.15, 0.2) is 0 Å². The first-order chi connectivity index (χ1) is 3.62. The fourth-order valence-corrected chi connectivity index (χ4v) is 0.427. The highest BCUT2D eigenvalue weighted by Crippen LogP contribution is 2.03. The Morgan fingerprint density at radius 3 is 2.00 bits per heavy atom. The van der Waals surface area contributed by atoms with E-state index >= 15 is 0 Å². The Kier molecular flexibility index (Phi) is 3.02. The molecular formula is C6H16N2. The molecule has 0 amide bonds. The highest BCUT2D eigenvalue weighted by Gasteiger charge is 2.11. The second-order valence-corrected chi connectivity index (χ2v) is 2.61. The molecule has 0 rings (SSSR count). The van der Waals surface area contributed by atoms with E-state index in [4.69, 9.17) is 0 Å². The zero-order valence-corrected chi connectivity index (χ0v) is 6.21. The minimum absolute atomic E-state index is 0.231. The Morgan fingerprint density at radius 2 is 1.88 bits per heavy atom. The van der Waals surface area contributed by atoms with Gasteiger partial charge in [0.1, 0.15) is 0 Å². The van der Waals surface area contributed by atoms with Gasteiger partial charge in [0.25, 0.3) is 0 Å². The fourth-order valence-electron chi connectivity index (χ4n) is 0.427. The largest absolute Gasteiger partial charge is 0.260 e. The van der Waals surface area contributed by atoms with E-state index in [0.717, 1.165) is 6.42 Å². The zero-order valence-electron chi connectivity index (χ0n) is 6.21. The Balaban J connectivity index is 3.37. The van der Waals surface area contributed by atoms with Crippen LogP contribution in [0.1, 0.15) is 27.2 Å². The number of hydrogen-bond donors (Lipinski definition) is 2. The summed E-state index contributed by atoms with van der Waals surface area (Å²) in [6, 6.07) is 0. The second-order valence-electron chi connectivity index (χ2n) is 2.61. The van der Waals surface area contributed by atoms with Gasteiger partial charge < -0.3 is 0 Å². The first-order valence-electron chi connectivity index (χ1n) is 3.06. The Labute approximate surface area is 51.6 Å². The second kappa shape index (κ2) is 3.05. The molecule has 0 radical (unpaired) electrons. The molecule has 0 spiro atoms. The summed E-state index contributed by atoms with van der Waals surface area (Å²) in [6.45, 7) is 6.47. The standard InChI is InChI=1S/C6H16N2/c1-5-6(2,3)8-7-4/h7-8H,5H2,1-4H3. The topological polar surface area (TPSA) is 24.1 Å². The van der Waals surface area contributed by atoms with Crippen molar-refractivity contribution in [2.45, 2.75) is 32.7 Å². The smallest absolute Gasteiger partial charge is 0.0264 e. The number of hydrazine groups is 1. The maximum atomic E-state index is 3.12. The van der Waals surface area contributed by atoms with Crippen LogP contribution in [-0.4, -0.2) is 12.6 Å². The molecule has 0 bridgehead atoms. The molecule has 50 valence electrons. The monoisotopic (exact) mass is 116 g/mol. The summed E-state index contributed by atoms with van der Waals surface area (Å²) in [4.78, 5) is 0. The number of hydrogen-bond acceptors (Lipinski definition) is 2. The van der Waals surface area contributed by atoms with Crippen molar-refractivity contribution < 1.29 is 0 Å². The number of rotatable bonds is 3. The molecule has 2 N–H and O–H groups in total. The third kappa shape index (κ3) is 2.99. The van der Waals surface area contributed by atoms with Gasteiger partial charge in [-0.1, -0.05) is 6.92 Å². The van der Waals surface area contributed by atoms with E-state index in [1.54, 1.807) is 0 Å². The van der Waals surface area contributed by atoms with Crippen LogP contribution < -0.4 is 10.9 Å². The van der Waals surface area contributed by atoms with Crippen LogP contribution in [0.4, 0.5) is 0 Å². The van der Waals surface area contributed by atoms with Crippen molar-refractivity contribution in [3.63, 3.8) is 0 Å². The third-order valence-electron chi connectivity index (χ3n) is 1.35. The van der Waals surface area contributed by atoms with Crippen molar-refractivity contribution >= 4 is 0 Å². The Bertz CT molecular complexity index is 59.5. The molecule has 0 heterocycles. The lowest BCUT2D eigenvalue weighted by Gasteiger charge is -2.23. The van der Waals surface area contributed by atoms with Crippen molar-refractivity contribution in [2.75, 3.05) is 7.05 Å². The molecular weight excluding hydrogens is 100 g/mol. The Morgan fingerprint density at radius 1 is 1.38 bits per heavy atom. The van der Waals surface area contributed by atoms with Crippen LogP contribution in [0.3, 0.4) is 0 Å². The molecule has 8 heavy (non-hydrogen) atoms. The van der Waals surface area contributed by atoms with Crippen LogP contribution in [0.5, 0.6) is 0 Å². The van der Waals surface area contributed by atoms with Gasteiger partial charge in [-0.05, 0) is 27.3 Å². The summed E-state index contributed by atoms with van der Waals surface area (Å²) >= 11 is 0. The Hall–Kier alpha value is -0.0800. The van der Waals surface area contributed by atoms with Gasteiger partial charge in [-0.25, -0.2) is 0 Å². The molecule has 0 aliphatic carbocycles. The van der Waals surface area contributed by atoms with E-state index in [1.807, 2.05) is 7.05 Å². The van der Waals surface area contributed by atoms with Gasteiger partial charge in [-0.3, -0.25) is 10.9 Å². The summed E-state index contributed by atoms with van der Waals surface area (Å²) in [5.41, 5.74) is 6.26. The van der Waals surface area contributed by atoms with Gasteiger partial charge in [0, 0.05) is 5.54 Å². The van der Waals surface area contributed by atoms with E-state index in [9.17, 15) is 0 Å². The maximum Gasteiger partial charge on any atom is 0.0264 e. The molecule has 0 saturated carbocycles. The highest BCUT2D eigenvalue weighted by molar-refractivity contribution is 4.71. The predicted octanol–water partition coefficient (Wildman–Crippen LogP) is 0.899. The van der Waals surface area contributed by atoms with Gasteiger partial charge in [0.05, 0.1) is 0 Å². The minimum Gasteiger partial charge on any atom is -0.260 e. The van der Waals surface area contributed by atoms with E-state index in [1.165, 1.54) is 0 Å². The van der Waals surface area contributed by atoms with Crippen LogP contribution >= 0.6 is 0 Å². The average Bonchev–Trinajstić information content (AvgIpc) is 1.67. The lowest BCUT2D eigenvalue weighted by atomic mass is 10.0. The highest BCUT2D eigenvalue weighted by atomic mass is 15.4.